The van der Waals surface area contributed by atoms with Crippen molar-refractivity contribution < 1.29 is 35.5 Å². The highest BCUT2D eigenvalue weighted by atomic mass is 35.5. The van der Waals surface area contributed by atoms with Crippen LogP contribution in [0.3, 0.4) is 0 Å². The molecule has 3 rings (SSSR count). The highest BCUT2D eigenvalue weighted by molar-refractivity contribution is 6.33. The second-order valence-corrected chi connectivity index (χ2v) is 6.75. The molecule has 0 radical (unpaired) electrons. The molecule has 0 aliphatic heterocycles. The lowest BCUT2D eigenvalue weighted by Gasteiger charge is -2.10. The van der Waals surface area contributed by atoms with E-state index in [9.17, 15) is 40.3 Å². The molecule has 1 heterocycles. The van der Waals surface area contributed by atoms with Gasteiger partial charge in [0.15, 0.2) is 5.82 Å². The monoisotopic (exact) mass is 482 g/mol. The Balaban J connectivity index is 1.96. The molecule has 6 nitrogen and oxygen atoms in total. The molecule has 0 spiro atoms. The molecule has 1 amide bonds. The Hall–Kier alpha value is -3.35. The minimum Gasteiger partial charge on any atom is -0.344 e. The zero-order valence-electron chi connectivity index (χ0n) is 15.4. The van der Waals surface area contributed by atoms with Crippen LogP contribution in [0.5, 0.6) is 0 Å². The molecule has 0 unspecified atom stereocenters. The molecule has 0 atom stereocenters. The molecule has 3 aromatic rings. The molecular weight excluding hydrogens is 473 g/mol. The van der Waals surface area contributed by atoms with Gasteiger partial charge in [-0.05, 0) is 35.9 Å². The van der Waals surface area contributed by atoms with Gasteiger partial charge in [0.05, 0.1) is 16.3 Å². The Kier molecular flexibility index (Phi) is 6.05. The van der Waals surface area contributed by atoms with E-state index in [1.165, 1.54) is 18.2 Å². The van der Waals surface area contributed by atoms with Crippen LogP contribution in [0.25, 0.3) is 17.1 Å². The summed E-state index contributed by atoms with van der Waals surface area (Å²) in [6.07, 6.45) is -10.1. The SMILES string of the molecule is O=C(NCc1ccc(Cl)c(-c2nn(-c3ccc(F)c(C(F)(F)F)c3)c(=O)[nH]2)c1)C(F)(F)F. The maximum Gasteiger partial charge on any atom is 0.471 e. The third kappa shape index (κ3) is 4.93. The maximum atomic E-state index is 13.5. The number of rotatable bonds is 4. The first-order valence-electron chi connectivity index (χ1n) is 8.47. The van der Waals surface area contributed by atoms with Crippen LogP contribution in [0.2, 0.25) is 5.02 Å². The van der Waals surface area contributed by atoms with Crippen LogP contribution in [0.1, 0.15) is 11.1 Å². The van der Waals surface area contributed by atoms with Crippen molar-refractivity contribution in [1.29, 1.82) is 0 Å². The van der Waals surface area contributed by atoms with Crippen molar-refractivity contribution in [2.24, 2.45) is 0 Å². The van der Waals surface area contributed by atoms with Crippen LogP contribution in [0.15, 0.2) is 41.2 Å². The van der Waals surface area contributed by atoms with Crippen molar-refractivity contribution in [1.82, 2.24) is 20.1 Å². The molecule has 0 aliphatic carbocycles. The van der Waals surface area contributed by atoms with E-state index >= 15 is 0 Å². The minimum atomic E-state index is -5.08. The van der Waals surface area contributed by atoms with Gasteiger partial charge in [0, 0.05) is 12.1 Å². The summed E-state index contributed by atoms with van der Waals surface area (Å²) in [5.41, 5.74) is -2.78. The molecule has 0 bridgehead atoms. The lowest BCUT2D eigenvalue weighted by molar-refractivity contribution is -0.173. The van der Waals surface area contributed by atoms with Crippen molar-refractivity contribution in [2.75, 3.05) is 0 Å². The van der Waals surface area contributed by atoms with Crippen LogP contribution < -0.4 is 11.0 Å². The van der Waals surface area contributed by atoms with Crippen LogP contribution in [-0.4, -0.2) is 26.8 Å². The predicted octanol–water partition coefficient (Wildman–Crippen LogP) is 4.22. The van der Waals surface area contributed by atoms with E-state index < -0.39 is 47.6 Å². The van der Waals surface area contributed by atoms with Gasteiger partial charge in [-0.25, -0.2) is 9.18 Å². The fraction of sp³-hybridized carbons (Fsp3) is 0.167. The Morgan fingerprint density at radius 3 is 2.41 bits per heavy atom. The van der Waals surface area contributed by atoms with E-state index in [4.69, 9.17) is 11.6 Å². The molecule has 32 heavy (non-hydrogen) atoms. The lowest BCUT2D eigenvalue weighted by Crippen LogP contribution is -2.36. The first-order chi connectivity index (χ1) is 14.8. The molecule has 0 aliphatic rings. The third-order valence-electron chi connectivity index (χ3n) is 4.11. The van der Waals surface area contributed by atoms with Crippen LogP contribution >= 0.6 is 11.6 Å². The number of hydrogen-bond donors (Lipinski definition) is 2. The number of halogens is 8. The molecule has 1 aromatic heterocycles. The number of carbonyl (C=O) groups is 1. The molecule has 14 heteroatoms. The van der Waals surface area contributed by atoms with Gasteiger partial charge in [-0.2, -0.15) is 31.0 Å². The Morgan fingerprint density at radius 1 is 1.09 bits per heavy atom. The van der Waals surface area contributed by atoms with E-state index in [0.29, 0.717) is 16.8 Å². The largest absolute Gasteiger partial charge is 0.471 e. The van der Waals surface area contributed by atoms with Gasteiger partial charge >= 0.3 is 23.9 Å². The van der Waals surface area contributed by atoms with Gasteiger partial charge in [0.25, 0.3) is 0 Å². The van der Waals surface area contributed by atoms with Gasteiger partial charge < -0.3 is 5.32 Å². The molecule has 0 saturated heterocycles. The molecule has 0 saturated carbocycles. The van der Waals surface area contributed by atoms with Crippen LogP contribution in [0.4, 0.5) is 30.7 Å². The number of hydrogen-bond acceptors (Lipinski definition) is 3. The average molecular weight is 483 g/mol. The summed E-state index contributed by atoms with van der Waals surface area (Å²) in [7, 11) is 0. The number of nitrogens with zero attached hydrogens (tertiary/aromatic N) is 2. The first-order valence-corrected chi connectivity index (χ1v) is 8.85. The smallest absolute Gasteiger partial charge is 0.344 e. The summed E-state index contributed by atoms with van der Waals surface area (Å²) in [5.74, 6) is -3.92. The van der Waals surface area contributed by atoms with Crippen molar-refractivity contribution >= 4 is 17.5 Å². The maximum absolute atomic E-state index is 13.5. The van der Waals surface area contributed by atoms with Gasteiger partial charge in [0.2, 0.25) is 0 Å². The number of carbonyl (C=O) groups excluding carboxylic acids is 1. The first kappa shape index (κ1) is 23.3. The number of benzene rings is 2. The summed E-state index contributed by atoms with van der Waals surface area (Å²) in [6.45, 7) is -0.527. The second kappa shape index (κ2) is 8.30. The number of aromatic nitrogens is 3. The highest BCUT2D eigenvalue weighted by Gasteiger charge is 2.38. The molecule has 170 valence electrons. The summed E-state index contributed by atoms with van der Waals surface area (Å²) in [6, 6.07) is 5.63. The summed E-state index contributed by atoms with van der Waals surface area (Å²) >= 11 is 6.04. The molecular formula is C18H10ClF7N4O2. The number of aromatic amines is 1. The highest BCUT2D eigenvalue weighted by Crippen LogP contribution is 2.32. The van der Waals surface area contributed by atoms with Crippen molar-refractivity contribution in [3.05, 3.63) is 68.8 Å². The quantitative estimate of drug-likeness (QED) is 0.547. The van der Waals surface area contributed by atoms with Crippen molar-refractivity contribution in [3.63, 3.8) is 0 Å². The zero-order valence-corrected chi connectivity index (χ0v) is 16.2. The van der Waals surface area contributed by atoms with Gasteiger partial charge in [0.1, 0.15) is 5.82 Å². The van der Waals surface area contributed by atoms with Gasteiger partial charge in [-0.1, -0.05) is 17.7 Å². The molecule has 2 N–H and O–H groups in total. The summed E-state index contributed by atoms with van der Waals surface area (Å²) < 4.78 is 89.8. The zero-order chi connectivity index (χ0) is 23.8. The Morgan fingerprint density at radius 2 is 1.78 bits per heavy atom. The van der Waals surface area contributed by atoms with Gasteiger partial charge in [-0.3, -0.25) is 9.78 Å². The number of alkyl halides is 6. The van der Waals surface area contributed by atoms with E-state index in [1.807, 2.05) is 0 Å². The normalized spacial score (nSPS) is 12.1. The Bertz CT molecular complexity index is 1230. The number of amides is 1. The number of nitrogens with one attached hydrogen (secondary N) is 2. The molecule has 2 aromatic carbocycles. The van der Waals surface area contributed by atoms with Gasteiger partial charge in [-0.15, -0.1) is 5.10 Å². The topological polar surface area (TPSA) is 79.8 Å². The predicted molar refractivity (Wildman–Crippen MR) is 97.5 cm³/mol. The van der Waals surface area contributed by atoms with Crippen molar-refractivity contribution in [2.45, 2.75) is 18.9 Å². The lowest BCUT2D eigenvalue weighted by atomic mass is 10.1. The van der Waals surface area contributed by atoms with Crippen LogP contribution in [0, 0.1) is 5.82 Å². The Labute approximate surface area is 178 Å². The second-order valence-electron chi connectivity index (χ2n) is 6.35. The average Bonchev–Trinajstić information content (AvgIpc) is 3.07. The number of H-pyrrole nitrogens is 1. The fourth-order valence-electron chi connectivity index (χ4n) is 2.63. The van der Waals surface area contributed by atoms with E-state index in [0.717, 1.165) is 6.07 Å². The van der Waals surface area contributed by atoms with E-state index in [2.05, 4.69) is 10.1 Å². The third-order valence-corrected chi connectivity index (χ3v) is 4.44. The van der Waals surface area contributed by atoms with Crippen LogP contribution in [-0.2, 0) is 17.5 Å². The standard InChI is InChI=1S/C18H10ClF7N4O2/c19-12-3-1-8(7-27-15(31)18(24,25)26)5-10(12)14-28-16(32)30(29-14)9-2-4-13(20)11(6-9)17(21,22)23/h1-6H,7H2,(H,27,31)(H,28,29,32). The van der Waals surface area contributed by atoms with Crippen molar-refractivity contribution in [3.8, 4) is 17.1 Å². The summed E-state index contributed by atoms with van der Waals surface area (Å²) in [5, 5.41) is 5.51. The summed E-state index contributed by atoms with van der Waals surface area (Å²) in [4.78, 5) is 25.4. The fourth-order valence-corrected chi connectivity index (χ4v) is 2.84. The van der Waals surface area contributed by atoms with E-state index in [1.54, 1.807) is 5.32 Å². The minimum absolute atomic E-state index is 0.00637. The van der Waals surface area contributed by atoms with E-state index in [-0.39, 0.29) is 22.0 Å². The molecule has 0 fully saturated rings.